The molecule has 0 N–H and O–H groups in total. The second-order valence-corrected chi connectivity index (χ2v) is 6.75. The first-order chi connectivity index (χ1) is 13.4. The summed E-state index contributed by atoms with van der Waals surface area (Å²) >= 11 is 0. The summed E-state index contributed by atoms with van der Waals surface area (Å²) in [4.78, 5) is 9.46. The molecule has 0 bridgehead atoms. The van der Waals surface area contributed by atoms with E-state index in [1.807, 2.05) is 30.5 Å². The minimum absolute atomic E-state index is 0.983. The summed E-state index contributed by atoms with van der Waals surface area (Å²) in [6.45, 7) is 0. The number of hydrogen-bond donors (Lipinski definition) is 0. The van der Waals surface area contributed by atoms with Gasteiger partial charge in [-0.1, -0.05) is 42.5 Å². The molecule has 0 unspecified atom stereocenters. The smallest absolute Gasteiger partial charge is 0.146 e. The van der Waals surface area contributed by atoms with Gasteiger partial charge < -0.3 is 0 Å². The molecule has 3 heterocycles. The fourth-order valence-electron chi connectivity index (χ4n) is 4.00. The van der Waals surface area contributed by atoms with E-state index >= 15 is 0 Å². The lowest BCUT2D eigenvalue weighted by Crippen LogP contribution is -1.92. The van der Waals surface area contributed by atoms with Gasteiger partial charge in [-0.25, -0.2) is 4.98 Å². The van der Waals surface area contributed by atoms with E-state index in [2.05, 4.69) is 70.0 Å². The number of para-hydroxylation sites is 3. The van der Waals surface area contributed by atoms with Crippen molar-refractivity contribution in [2.45, 2.75) is 0 Å². The lowest BCUT2D eigenvalue weighted by Gasteiger charge is -2.10. The van der Waals surface area contributed by atoms with Crippen molar-refractivity contribution in [2.75, 3.05) is 0 Å². The third-order valence-corrected chi connectivity index (χ3v) is 5.22. The molecule has 126 valence electrons. The van der Waals surface area contributed by atoms with Gasteiger partial charge in [-0.2, -0.15) is 0 Å². The normalized spacial score (nSPS) is 11.7. The van der Waals surface area contributed by atoms with Crippen molar-refractivity contribution in [3.05, 3.63) is 91.1 Å². The van der Waals surface area contributed by atoms with Gasteiger partial charge in [0.1, 0.15) is 5.65 Å². The molecular formula is C24H15N3. The Morgan fingerprint density at radius 2 is 1.44 bits per heavy atom. The van der Waals surface area contributed by atoms with E-state index in [1.54, 1.807) is 0 Å². The zero-order valence-corrected chi connectivity index (χ0v) is 14.5. The monoisotopic (exact) mass is 345 g/mol. The average molecular weight is 345 g/mol. The van der Waals surface area contributed by atoms with Crippen LogP contribution in [0.4, 0.5) is 0 Å². The van der Waals surface area contributed by atoms with Crippen molar-refractivity contribution < 1.29 is 0 Å². The predicted molar refractivity (Wildman–Crippen MR) is 111 cm³/mol. The van der Waals surface area contributed by atoms with Crippen molar-refractivity contribution in [2.24, 2.45) is 0 Å². The molecule has 3 aromatic heterocycles. The Kier molecular flexibility index (Phi) is 2.88. The maximum atomic E-state index is 4.94. The molecule has 0 aliphatic rings. The van der Waals surface area contributed by atoms with Crippen LogP contribution in [0.3, 0.4) is 0 Å². The first-order valence-electron chi connectivity index (χ1n) is 9.03. The first kappa shape index (κ1) is 14.4. The zero-order valence-electron chi connectivity index (χ0n) is 14.5. The van der Waals surface area contributed by atoms with Crippen LogP contribution in [-0.2, 0) is 0 Å². The second-order valence-electron chi connectivity index (χ2n) is 6.75. The minimum Gasteiger partial charge on any atom is -0.292 e. The second kappa shape index (κ2) is 5.39. The Hall–Kier alpha value is -3.72. The van der Waals surface area contributed by atoms with E-state index in [1.165, 1.54) is 16.3 Å². The van der Waals surface area contributed by atoms with E-state index < -0.39 is 0 Å². The Morgan fingerprint density at radius 3 is 2.33 bits per heavy atom. The Morgan fingerprint density at radius 1 is 0.630 bits per heavy atom. The molecule has 0 amide bonds. The Labute approximate surface area is 155 Å². The van der Waals surface area contributed by atoms with E-state index in [0.29, 0.717) is 0 Å². The summed E-state index contributed by atoms with van der Waals surface area (Å²) < 4.78 is 2.27. The van der Waals surface area contributed by atoms with Crippen LogP contribution >= 0.6 is 0 Å². The third kappa shape index (κ3) is 2.02. The molecule has 0 aliphatic carbocycles. The summed E-state index contributed by atoms with van der Waals surface area (Å²) in [5, 5.41) is 3.59. The number of imidazole rings is 1. The number of aromatic nitrogens is 3. The molecule has 0 spiro atoms. The van der Waals surface area contributed by atoms with Gasteiger partial charge in [0.05, 0.1) is 22.2 Å². The number of pyridine rings is 2. The molecule has 3 aromatic carbocycles. The quantitative estimate of drug-likeness (QED) is 0.350. The summed E-state index contributed by atoms with van der Waals surface area (Å²) in [5.41, 5.74) is 6.43. The average Bonchev–Trinajstić information content (AvgIpc) is 3.14. The number of nitrogens with zero attached hydrogens (tertiary/aromatic N) is 3. The van der Waals surface area contributed by atoms with E-state index in [9.17, 15) is 0 Å². The van der Waals surface area contributed by atoms with Gasteiger partial charge in [-0.15, -0.1) is 0 Å². The summed E-state index contributed by atoms with van der Waals surface area (Å²) in [6.07, 6.45) is 1.84. The van der Waals surface area contributed by atoms with Gasteiger partial charge in [-0.05, 0) is 47.9 Å². The first-order valence-corrected chi connectivity index (χ1v) is 9.03. The van der Waals surface area contributed by atoms with Gasteiger partial charge in [0, 0.05) is 22.5 Å². The molecular weight excluding hydrogens is 330 g/mol. The molecule has 0 saturated heterocycles. The van der Waals surface area contributed by atoms with Gasteiger partial charge in [0.2, 0.25) is 0 Å². The molecule has 0 fully saturated rings. The van der Waals surface area contributed by atoms with Crippen molar-refractivity contribution in [1.82, 2.24) is 14.4 Å². The highest BCUT2D eigenvalue weighted by molar-refractivity contribution is 6.14. The van der Waals surface area contributed by atoms with Crippen LogP contribution < -0.4 is 0 Å². The highest BCUT2D eigenvalue weighted by Crippen LogP contribution is 2.34. The standard InChI is InChI=1S/C24H15N3/c1-3-10-22-17(7-1)19-15-16(20-8-5-6-14-25-20)12-13-18(19)24-26-21-9-2-4-11-23(21)27(22)24/h1-15H. The van der Waals surface area contributed by atoms with Crippen molar-refractivity contribution >= 4 is 38.4 Å². The molecule has 0 atom stereocenters. The Balaban J connectivity index is 1.83. The van der Waals surface area contributed by atoms with Crippen LogP contribution in [0, 0.1) is 0 Å². The lowest BCUT2D eigenvalue weighted by molar-refractivity contribution is 1.31. The van der Waals surface area contributed by atoms with E-state index in [0.717, 1.165) is 33.3 Å². The van der Waals surface area contributed by atoms with Crippen LogP contribution in [-0.4, -0.2) is 14.4 Å². The fraction of sp³-hybridized carbons (Fsp3) is 0. The molecule has 27 heavy (non-hydrogen) atoms. The predicted octanol–water partition coefficient (Wildman–Crippen LogP) is 5.86. The van der Waals surface area contributed by atoms with Crippen LogP contribution in [0.5, 0.6) is 0 Å². The van der Waals surface area contributed by atoms with Crippen LogP contribution in [0.15, 0.2) is 91.1 Å². The van der Waals surface area contributed by atoms with Crippen LogP contribution in [0.25, 0.3) is 49.6 Å². The van der Waals surface area contributed by atoms with Gasteiger partial charge in [0.25, 0.3) is 0 Å². The van der Waals surface area contributed by atoms with Gasteiger partial charge >= 0.3 is 0 Å². The molecule has 3 nitrogen and oxygen atoms in total. The summed E-state index contributed by atoms with van der Waals surface area (Å²) in [6, 6.07) is 29.4. The topological polar surface area (TPSA) is 30.2 Å². The maximum Gasteiger partial charge on any atom is 0.146 e. The highest BCUT2D eigenvalue weighted by atomic mass is 15.0. The van der Waals surface area contributed by atoms with Gasteiger partial charge in [-0.3, -0.25) is 9.38 Å². The highest BCUT2D eigenvalue weighted by Gasteiger charge is 2.13. The summed E-state index contributed by atoms with van der Waals surface area (Å²) in [7, 11) is 0. The largest absolute Gasteiger partial charge is 0.292 e. The number of hydrogen-bond acceptors (Lipinski definition) is 2. The summed E-state index contributed by atoms with van der Waals surface area (Å²) in [5.74, 6) is 0. The van der Waals surface area contributed by atoms with Crippen molar-refractivity contribution in [1.29, 1.82) is 0 Å². The molecule has 0 saturated carbocycles. The number of benzene rings is 3. The minimum atomic E-state index is 0.983. The molecule has 3 heteroatoms. The molecule has 0 radical (unpaired) electrons. The van der Waals surface area contributed by atoms with Crippen LogP contribution in [0.1, 0.15) is 0 Å². The van der Waals surface area contributed by atoms with E-state index in [4.69, 9.17) is 4.98 Å². The zero-order chi connectivity index (χ0) is 17.8. The maximum absolute atomic E-state index is 4.94. The molecule has 0 aliphatic heterocycles. The van der Waals surface area contributed by atoms with E-state index in [-0.39, 0.29) is 0 Å². The number of fused-ring (bicyclic) bond motifs is 8. The van der Waals surface area contributed by atoms with Gasteiger partial charge in [0.15, 0.2) is 0 Å². The number of rotatable bonds is 1. The molecule has 6 rings (SSSR count). The Bertz CT molecular complexity index is 1460. The lowest BCUT2D eigenvalue weighted by atomic mass is 10.0. The fourth-order valence-corrected chi connectivity index (χ4v) is 4.00. The third-order valence-electron chi connectivity index (χ3n) is 5.22. The van der Waals surface area contributed by atoms with Crippen molar-refractivity contribution in [3.63, 3.8) is 0 Å². The van der Waals surface area contributed by atoms with Crippen LogP contribution in [0.2, 0.25) is 0 Å². The molecule has 6 aromatic rings. The van der Waals surface area contributed by atoms with Crippen molar-refractivity contribution in [3.8, 4) is 11.3 Å². The SMILES string of the molecule is c1ccc(-c2ccc3c(c2)c2ccccc2n2c4ccccc4nc32)nc1.